The van der Waals surface area contributed by atoms with Crippen molar-refractivity contribution in [2.75, 3.05) is 7.11 Å². The number of benzene rings is 1. The Balaban J connectivity index is 1.59. The Hall–Kier alpha value is -3.22. The van der Waals surface area contributed by atoms with Gasteiger partial charge in [0.2, 0.25) is 0 Å². The van der Waals surface area contributed by atoms with E-state index >= 15 is 0 Å². The van der Waals surface area contributed by atoms with Gasteiger partial charge in [0.15, 0.2) is 0 Å². The number of ether oxygens (including phenoxy) is 1. The van der Waals surface area contributed by atoms with Gasteiger partial charge in [-0.05, 0) is 38.0 Å². The molecule has 0 radical (unpaired) electrons. The Labute approximate surface area is 151 Å². The number of aromatic amines is 1. The molecule has 0 aliphatic heterocycles. The molecule has 4 aromatic rings. The highest BCUT2D eigenvalue weighted by molar-refractivity contribution is 5.86. The third kappa shape index (κ3) is 2.92. The first kappa shape index (κ1) is 16.3. The maximum absolute atomic E-state index is 5.41. The fourth-order valence-corrected chi connectivity index (χ4v) is 3.12. The van der Waals surface area contributed by atoms with Gasteiger partial charge in [-0.1, -0.05) is 23.4 Å². The molecule has 7 heteroatoms. The first-order valence-corrected chi connectivity index (χ1v) is 8.50. The van der Waals surface area contributed by atoms with E-state index in [4.69, 9.17) is 9.72 Å². The van der Waals surface area contributed by atoms with E-state index in [2.05, 4.69) is 20.5 Å². The van der Waals surface area contributed by atoms with E-state index in [1.54, 1.807) is 7.11 Å². The molecule has 26 heavy (non-hydrogen) atoms. The lowest BCUT2D eigenvalue weighted by Crippen LogP contribution is -2.03. The number of aromatic nitrogens is 6. The Morgan fingerprint density at radius 1 is 1.12 bits per heavy atom. The van der Waals surface area contributed by atoms with Crippen molar-refractivity contribution < 1.29 is 4.74 Å². The SMILES string of the molecule is COc1cccc2ccc(-c3cn(CCc4c(C)n[nH]c4C)nn3)nc12. The van der Waals surface area contributed by atoms with Crippen molar-refractivity contribution in [2.45, 2.75) is 26.8 Å². The normalized spacial score (nSPS) is 11.2. The minimum absolute atomic E-state index is 0.741. The molecule has 0 saturated heterocycles. The van der Waals surface area contributed by atoms with Crippen LogP contribution in [0.5, 0.6) is 5.75 Å². The molecule has 0 aliphatic rings. The monoisotopic (exact) mass is 348 g/mol. The van der Waals surface area contributed by atoms with Crippen LogP contribution in [-0.2, 0) is 13.0 Å². The molecule has 0 unspecified atom stereocenters. The number of pyridine rings is 1. The number of rotatable bonds is 5. The van der Waals surface area contributed by atoms with Gasteiger partial charge in [-0.3, -0.25) is 9.78 Å². The van der Waals surface area contributed by atoms with Crippen molar-refractivity contribution in [3.05, 3.63) is 53.5 Å². The predicted octanol–water partition coefficient (Wildman–Crippen LogP) is 3.08. The molecule has 3 heterocycles. The Kier molecular flexibility index (Phi) is 4.12. The zero-order valence-corrected chi connectivity index (χ0v) is 15.0. The summed E-state index contributed by atoms with van der Waals surface area (Å²) in [7, 11) is 1.65. The lowest BCUT2D eigenvalue weighted by atomic mass is 10.1. The largest absolute Gasteiger partial charge is 0.494 e. The highest BCUT2D eigenvalue weighted by atomic mass is 16.5. The first-order chi connectivity index (χ1) is 12.7. The molecule has 0 amide bonds. The molecule has 7 nitrogen and oxygen atoms in total. The van der Waals surface area contributed by atoms with Crippen LogP contribution < -0.4 is 4.74 Å². The molecule has 0 bridgehead atoms. The van der Waals surface area contributed by atoms with E-state index in [9.17, 15) is 0 Å². The van der Waals surface area contributed by atoms with Gasteiger partial charge in [0.05, 0.1) is 24.7 Å². The van der Waals surface area contributed by atoms with Crippen LogP contribution in [0.1, 0.15) is 17.0 Å². The van der Waals surface area contributed by atoms with Crippen molar-refractivity contribution in [2.24, 2.45) is 0 Å². The molecule has 3 aromatic heterocycles. The van der Waals surface area contributed by atoms with E-state index in [0.29, 0.717) is 0 Å². The van der Waals surface area contributed by atoms with Gasteiger partial charge >= 0.3 is 0 Å². The zero-order chi connectivity index (χ0) is 18.1. The van der Waals surface area contributed by atoms with Crippen LogP contribution in [0.15, 0.2) is 36.5 Å². The van der Waals surface area contributed by atoms with Gasteiger partial charge in [-0.25, -0.2) is 4.98 Å². The fraction of sp³-hybridized carbons (Fsp3) is 0.263. The summed E-state index contributed by atoms with van der Waals surface area (Å²) in [5.74, 6) is 0.752. The molecular formula is C19H20N6O. The molecule has 0 aliphatic carbocycles. The van der Waals surface area contributed by atoms with Gasteiger partial charge in [0, 0.05) is 17.6 Å². The third-order valence-corrected chi connectivity index (χ3v) is 4.58. The van der Waals surface area contributed by atoms with Crippen LogP contribution in [-0.4, -0.2) is 37.3 Å². The summed E-state index contributed by atoms with van der Waals surface area (Å²) in [6.45, 7) is 4.79. The van der Waals surface area contributed by atoms with Crippen molar-refractivity contribution in [1.29, 1.82) is 0 Å². The number of aryl methyl sites for hydroxylation is 3. The molecule has 4 rings (SSSR count). The number of H-pyrrole nitrogens is 1. The van der Waals surface area contributed by atoms with Crippen molar-refractivity contribution in [1.82, 2.24) is 30.2 Å². The van der Waals surface area contributed by atoms with E-state index < -0.39 is 0 Å². The molecular weight excluding hydrogens is 328 g/mol. The maximum Gasteiger partial charge on any atom is 0.145 e. The van der Waals surface area contributed by atoms with Gasteiger partial charge in [-0.15, -0.1) is 5.10 Å². The molecule has 1 N–H and O–H groups in total. The number of nitrogens with zero attached hydrogens (tertiary/aromatic N) is 5. The topological polar surface area (TPSA) is 81.5 Å². The smallest absolute Gasteiger partial charge is 0.145 e. The summed E-state index contributed by atoms with van der Waals surface area (Å²) in [5, 5.41) is 16.8. The number of methoxy groups -OCH3 is 1. The third-order valence-electron chi connectivity index (χ3n) is 4.58. The quantitative estimate of drug-likeness (QED) is 0.599. The van der Waals surface area contributed by atoms with E-state index in [1.165, 1.54) is 5.56 Å². The molecule has 0 fully saturated rings. The average molecular weight is 348 g/mol. The molecule has 0 saturated carbocycles. The Morgan fingerprint density at radius 3 is 2.77 bits per heavy atom. The van der Waals surface area contributed by atoms with Gasteiger partial charge in [0.1, 0.15) is 17.0 Å². The number of hydrogen-bond donors (Lipinski definition) is 1. The van der Waals surface area contributed by atoms with Crippen LogP contribution in [0.3, 0.4) is 0 Å². The second kappa shape index (κ2) is 6.59. The van der Waals surface area contributed by atoms with Crippen LogP contribution in [0.4, 0.5) is 0 Å². The minimum Gasteiger partial charge on any atom is -0.494 e. The van der Waals surface area contributed by atoms with Crippen LogP contribution in [0.2, 0.25) is 0 Å². The minimum atomic E-state index is 0.741. The van der Waals surface area contributed by atoms with Crippen molar-refractivity contribution in [3.63, 3.8) is 0 Å². The Bertz CT molecular complexity index is 1050. The molecule has 0 atom stereocenters. The number of nitrogens with one attached hydrogen (secondary N) is 1. The molecule has 1 aromatic carbocycles. The summed E-state index contributed by atoms with van der Waals surface area (Å²) in [5.41, 5.74) is 5.72. The van der Waals surface area contributed by atoms with Crippen molar-refractivity contribution in [3.8, 4) is 17.1 Å². The lowest BCUT2D eigenvalue weighted by molar-refractivity contribution is 0.419. The van der Waals surface area contributed by atoms with E-state index in [1.807, 2.05) is 55.1 Å². The van der Waals surface area contributed by atoms with Gasteiger partial charge in [0.25, 0.3) is 0 Å². The lowest BCUT2D eigenvalue weighted by Gasteiger charge is -2.05. The summed E-state index contributed by atoms with van der Waals surface area (Å²) in [4.78, 5) is 4.71. The first-order valence-electron chi connectivity index (χ1n) is 8.50. The summed E-state index contributed by atoms with van der Waals surface area (Å²) in [6, 6.07) is 9.86. The van der Waals surface area contributed by atoms with Gasteiger partial charge in [-0.2, -0.15) is 5.10 Å². The highest BCUT2D eigenvalue weighted by Crippen LogP contribution is 2.26. The second-order valence-corrected chi connectivity index (χ2v) is 6.26. The molecule has 132 valence electrons. The van der Waals surface area contributed by atoms with E-state index in [-0.39, 0.29) is 0 Å². The summed E-state index contributed by atoms with van der Waals surface area (Å²) < 4.78 is 7.26. The number of fused-ring (bicyclic) bond motifs is 1. The van der Waals surface area contributed by atoms with Crippen LogP contribution >= 0.6 is 0 Å². The standard InChI is InChI=1S/C19H20N6O/c1-12-15(13(2)22-21-12)9-10-25-11-17(23-24-25)16-8-7-14-5-4-6-18(26-3)19(14)20-16/h4-8,11H,9-10H2,1-3H3,(H,21,22). The number of para-hydroxylation sites is 1. The second-order valence-electron chi connectivity index (χ2n) is 6.26. The average Bonchev–Trinajstić information content (AvgIpc) is 3.26. The number of hydrogen-bond acceptors (Lipinski definition) is 5. The van der Waals surface area contributed by atoms with Crippen LogP contribution in [0.25, 0.3) is 22.3 Å². The van der Waals surface area contributed by atoms with Crippen LogP contribution in [0, 0.1) is 13.8 Å². The maximum atomic E-state index is 5.41. The highest BCUT2D eigenvalue weighted by Gasteiger charge is 2.11. The van der Waals surface area contributed by atoms with E-state index in [0.717, 1.165) is 52.4 Å². The van der Waals surface area contributed by atoms with Gasteiger partial charge < -0.3 is 4.74 Å². The summed E-state index contributed by atoms with van der Waals surface area (Å²) in [6.07, 6.45) is 2.78. The molecule has 0 spiro atoms. The van der Waals surface area contributed by atoms with Crippen molar-refractivity contribution >= 4 is 10.9 Å². The summed E-state index contributed by atoms with van der Waals surface area (Å²) >= 11 is 0. The Morgan fingerprint density at radius 2 is 2.00 bits per heavy atom. The predicted molar refractivity (Wildman–Crippen MR) is 99.1 cm³/mol. The zero-order valence-electron chi connectivity index (χ0n) is 15.0. The fourth-order valence-electron chi connectivity index (χ4n) is 3.12.